The lowest BCUT2D eigenvalue weighted by Crippen LogP contribution is -2.48. The number of carboxylic acids is 1. The summed E-state index contributed by atoms with van der Waals surface area (Å²) in [5.41, 5.74) is 5.95. The van der Waals surface area contributed by atoms with Crippen LogP contribution in [-0.4, -0.2) is 40.8 Å². The smallest absolute Gasteiger partial charge is 0.326 e. The minimum Gasteiger partial charge on any atom is -0.480 e. The molecule has 1 saturated carbocycles. The zero-order chi connectivity index (χ0) is 13.5. The van der Waals surface area contributed by atoms with Crippen LogP contribution in [0.25, 0.3) is 0 Å². The van der Waals surface area contributed by atoms with E-state index < -0.39 is 12.0 Å². The fourth-order valence-electron chi connectivity index (χ4n) is 2.33. The van der Waals surface area contributed by atoms with Crippen LogP contribution in [-0.2, 0) is 9.59 Å². The maximum Gasteiger partial charge on any atom is 0.326 e. The third kappa shape index (κ3) is 4.27. The van der Waals surface area contributed by atoms with Gasteiger partial charge in [0.2, 0.25) is 5.91 Å². The molecule has 0 aromatic rings. The van der Waals surface area contributed by atoms with Crippen molar-refractivity contribution in [3.8, 4) is 0 Å². The molecule has 6 nitrogen and oxygen atoms in total. The molecule has 0 aromatic heterocycles. The van der Waals surface area contributed by atoms with E-state index >= 15 is 0 Å². The van der Waals surface area contributed by atoms with Gasteiger partial charge in [-0.05, 0) is 12.8 Å². The zero-order valence-electron chi connectivity index (χ0n) is 10.5. The maximum atomic E-state index is 12.0. The van der Waals surface area contributed by atoms with E-state index in [4.69, 9.17) is 15.9 Å². The summed E-state index contributed by atoms with van der Waals surface area (Å²) in [6.45, 7) is -0.270. The molecule has 1 aliphatic carbocycles. The highest BCUT2D eigenvalue weighted by Gasteiger charge is 2.29. The van der Waals surface area contributed by atoms with Crippen molar-refractivity contribution in [2.45, 2.75) is 50.6 Å². The molecule has 1 rings (SSSR count). The summed E-state index contributed by atoms with van der Waals surface area (Å²) in [4.78, 5) is 22.9. The fourth-order valence-corrected chi connectivity index (χ4v) is 2.33. The Morgan fingerprint density at radius 3 is 2.56 bits per heavy atom. The van der Waals surface area contributed by atoms with Gasteiger partial charge in [0, 0.05) is 19.1 Å². The highest BCUT2D eigenvalue weighted by molar-refractivity contribution is 5.85. The number of hydrogen-bond donors (Lipinski definition) is 4. The molecule has 0 aromatic carbocycles. The summed E-state index contributed by atoms with van der Waals surface area (Å²) in [5, 5.41) is 20.1. The Kier molecular flexibility index (Phi) is 6.07. The second-order valence-electron chi connectivity index (χ2n) is 4.82. The molecule has 2 unspecified atom stereocenters. The lowest BCUT2D eigenvalue weighted by molar-refractivity contribution is -0.143. The van der Waals surface area contributed by atoms with Crippen LogP contribution in [0, 0.1) is 5.92 Å². The number of nitrogens with one attached hydrogen (secondary N) is 1. The zero-order valence-corrected chi connectivity index (χ0v) is 10.5. The van der Waals surface area contributed by atoms with Gasteiger partial charge in [-0.1, -0.05) is 19.3 Å². The first-order valence-electron chi connectivity index (χ1n) is 6.46. The summed E-state index contributed by atoms with van der Waals surface area (Å²) in [6, 6.07) is -1.23. The van der Waals surface area contributed by atoms with E-state index in [1.54, 1.807) is 0 Å². The molecule has 6 heteroatoms. The van der Waals surface area contributed by atoms with Gasteiger partial charge in [-0.2, -0.15) is 0 Å². The standard InChI is InChI=1S/C12H22N2O4/c13-9-5-3-1-2-4-8(9)11(16)14-10(6-7-15)12(17)18/h8-10,15H,1-7,13H2,(H,14,16)(H,17,18)/t8?,9?,10-/m0/s1. The lowest BCUT2D eigenvalue weighted by Gasteiger charge is -2.22. The quantitative estimate of drug-likeness (QED) is 0.512. The van der Waals surface area contributed by atoms with Crippen LogP contribution >= 0.6 is 0 Å². The number of nitrogens with two attached hydrogens (primary N) is 1. The Balaban J connectivity index is 2.58. The molecule has 0 radical (unpaired) electrons. The first-order valence-corrected chi connectivity index (χ1v) is 6.46. The molecule has 1 aliphatic rings. The van der Waals surface area contributed by atoms with Crippen molar-refractivity contribution < 1.29 is 19.8 Å². The van der Waals surface area contributed by atoms with E-state index in [1.807, 2.05) is 0 Å². The van der Waals surface area contributed by atoms with Crippen molar-refractivity contribution in [1.82, 2.24) is 5.32 Å². The number of carbonyl (C=O) groups excluding carboxylic acids is 1. The molecule has 1 amide bonds. The monoisotopic (exact) mass is 258 g/mol. The van der Waals surface area contributed by atoms with E-state index in [-0.39, 0.29) is 30.9 Å². The first kappa shape index (κ1) is 14.9. The van der Waals surface area contributed by atoms with Gasteiger partial charge in [0.15, 0.2) is 0 Å². The fraction of sp³-hybridized carbons (Fsp3) is 0.833. The molecule has 0 aliphatic heterocycles. The van der Waals surface area contributed by atoms with Crippen LogP contribution in [0.4, 0.5) is 0 Å². The molecule has 3 atom stereocenters. The number of aliphatic hydroxyl groups is 1. The average molecular weight is 258 g/mol. The Labute approximate surface area is 107 Å². The largest absolute Gasteiger partial charge is 0.480 e. The van der Waals surface area contributed by atoms with Crippen molar-refractivity contribution >= 4 is 11.9 Å². The number of carboxylic acid groups (broad SMARTS) is 1. The minimum atomic E-state index is -1.13. The van der Waals surface area contributed by atoms with Crippen molar-refractivity contribution in [2.24, 2.45) is 11.7 Å². The number of amides is 1. The summed E-state index contributed by atoms with van der Waals surface area (Å²) in [7, 11) is 0. The van der Waals surface area contributed by atoms with E-state index in [9.17, 15) is 9.59 Å². The minimum absolute atomic E-state index is 0.0169. The second kappa shape index (κ2) is 7.33. The Bertz CT molecular complexity index is 296. The molecular formula is C12H22N2O4. The second-order valence-corrected chi connectivity index (χ2v) is 4.82. The van der Waals surface area contributed by atoms with Crippen LogP contribution in [0.5, 0.6) is 0 Å². The summed E-state index contributed by atoms with van der Waals surface area (Å²) < 4.78 is 0. The van der Waals surface area contributed by atoms with Crippen LogP contribution in [0.15, 0.2) is 0 Å². The number of carbonyl (C=O) groups is 2. The van der Waals surface area contributed by atoms with E-state index in [2.05, 4.69) is 5.32 Å². The SMILES string of the molecule is NC1CCCCCC1C(=O)N[C@@H](CCO)C(=O)O. The molecule has 0 heterocycles. The van der Waals surface area contributed by atoms with Crippen molar-refractivity contribution in [2.75, 3.05) is 6.61 Å². The van der Waals surface area contributed by atoms with Crippen LogP contribution in [0.1, 0.15) is 38.5 Å². The highest BCUT2D eigenvalue weighted by Crippen LogP contribution is 2.22. The van der Waals surface area contributed by atoms with Crippen molar-refractivity contribution in [3.63, 3.8) is 0 Å². The third-order valence-electron chi connectivity index (χ3n) is 3.44. The van der Waals surface area contributed by atoms with Gasteiger partial charge in [0.1, 0.15) is 6.04 Å². The van der Waals surface area contributed by atoms with Gasteiger partial charge in [0.25, 0.3) is 0 Å². The average Bonchev–Trinajstić information content (AvgIpc) is 2.53. The van der Waals surface area contributed by atoms with Crippen LogP contribution in [0.3, 0.4) is 0 Å². The van der Waals surface area contributed by atoms with Crippen molar-refractivity contribution in [1.29, 1.82) is 0 Å². The highest BCUT2D eigenvalue weighted by atomic mass is 16.4. The summed E-state index contributed by atoms with van der Waals surface area (Å²) in [6.07, 6.45) is 4.56. The molecule has 0 saturated heterocycles. The Morgan fingerprint density at radius 1 is 1.28 bits per heavy atom. The van der Waals surface area contributed by atoms with Gasteiger partial charge in [-0.25, -0.2) is 4.79 Å². The third-order valence-corrected chi connectivity index (χ3v) is 3.44. The van der Waals surface area contributed by atoms with Gasteiger partial charge in [-0.3, -0.25) is 4.79 Å². The topological polar surface area (TPSA) is 113 Å². The van der Waals surface area contributed by atoms with Crippen molar-refractivity contribution in [3.05, 3.63) is 0 Å². The van der Waals surface area contributed by atoms with E-state index in [0.717, 1.165) is 25.7 Å². The predicted molar refractivity (Wildman–Crippen MR) is 65.8 cm³/mol. The summed E-state index contributed by atoms with van der Waals surface area (Å²) in [5.74, 6) is -1.74. The molecule has 104 valence electrons. The molecule has 0 spiro atoms. The lowest BCUT2D eigenvalue weighted by atomic mass is 9.94. The van der Waals surface area contributed by atoms with Gasteiger partial charge in [-0.15, -0.1) is 0 Å². The van der Waals surface area contributed by atoms with Gasteiger partial charge >= 0.3 is 5.97 Å². The van der Waals surface area contributed by atoms with E-state index in [0.29, 0.717) is 6.42 Å². The molecule has 18 heavy (non-hydrogen) atoms. The molecule has 0 bridgehead atoms. The summed E-state index contributed by atoms with van der Waals surface area (Å²) >= 11 is 0. The normalized spacial score (nSPS) is 26.1. The molecule has 1 fully saturated rings. The first-order chi connectivity index (χ1) is 8.56. The van der Waals surface area contributed by atoms with Crippen LogP contribution in [0.2, 0.25) is 0 Å². The molecule has 5 N–H and O–H groups in total. The van der Waals surface area contributed by atoms with E-state index in [1.165, 1.54) is 0 Å². The number of aliphatic hydroxyl groups excluding tert-OH is 1. The van der Waals surface area contributed by atoms with Gasteiger partial charge in [0.05, 0.1) is 5.92 Å². The molecular weight excluding hydrogens is 236 g/mol. The predicted octanol–water partition coefficient (Wildman–Crippen LogP) is -0.154. The Morgan fingerprint density at radius 2 is 1.94 bits per heavy atom. The van der Waals surface area contributed by atoms with Gasteiger partial charge < -0.3 is 21.3 Å². The Hall–Kier alpha value is -1.14. The number of hydrogen-bond acceptors (Lipinski definition) is 4. The maximum absolute atomic E-state index is 12.0. The number of rotatable bonds is 5. The van der Waals surface area contributed by atoms with Crippen LogP contribution < -0.4 is 11.1 Å². The number of aliphatic carboxylic acids is 1.